The van der Waals surface area contributed by atoms with Crippen LogP contribution in [0.15, 0.2) is 12.7 Å². The van der Waals surface area contributed by atoms with E-state index in [-0.39, 0.29) is 17.7 Å². The average Bonchev–Trinajstić information content (AvgIpc) is 3.03. The first kappa shape index (κ1) is 14.5. The van der Waals surface area contributed by atoms with Gasteiger partial charge in [-0.05, 0) is 43.9 Å². The van der Waals surface area contributed by atoms with E-state index in [1.54, 1.807) is 4.90 Å². The molecule has 2 aliphatic carbocycles. The summed E-state index contributed by atoms with van der Waals surface area (Å²) >= 11 is 0. The molecule has 2 saturated carbocycles. The molecular formula is C15H25NO3. The molecule has 0 saturated heterocycles. The Bertz CT molecular complexity index is 342. The van der Waals surface area contributed by atoms with E-state index in [1.165, 1.54) is 0 Å². The average molecular weight is 267 g/mol. The molecule has 3 unspecified atom stereocenters. The lowest BCUT2D eigenvalue weighted by molar-refractivity contribution is -0.146. The SMILES string of the molecule is C=CCCCCN(C)C(=O)C1CC2CC2[C@@H]1C(O)O. The van der Waals surface area contributed by atoms with Crippen molar-refractivity contribution in [3.8, 4) is 0 Å². The van der Waals surface area contributed by atoms with E-state index < -0.39 is 6.29 Å². The van der Waals surface area contributed by atoms with Crippen LogP contribution in [0, 0.1) is 23.7 Å². The molecule has 4 heteroatoms. The monoisotopic (exact) mass is 267 g/mol. The van der Waals surface area contributed by atoms with Gasteiger partial charge in [-0.2, -0.15) is 0 Å². The molecule has 19 heavy (non-hydrogen) atoms. The molecule has 0 aliphatic heterocycles. The lowest BCUT2D eigenvalue weighted by Gasteiger charge is -2.27. The summed E-state index contributed by atoms with van der Waals surface area (Å²) in [6.07, 6.45) is 5.44. The summed E-state index contributed by atoms with van der Waals surface area (Å²) in [6.45, 7) is 4.42. The Morgan fingerprint density at radius 2 is 2.16 bits per heavy atom. The van der Waals surface area contributed by atoms with Crippen molar-refractivity contribution in [2.75, 3.05) is 13.6 Å². The zero-order valence-corrected chi connectivity index (χ0v) is 11.7. The van der Waals surface area contributed by atoms with E-state index in [2.05, 4.69) is 6.58 Å². The molecule has 2 fully saturated rings. The number of hydrogen-bond donors (Lipinski definition) is 2. The molecule has 0 aromatic heterocycles. The van der Waals surface area contributed by atoms with Crippen LogP contribution < -0.4 is 0 Å². The molecule has 4 atom stereocenters. The van der Waals surface area contributed by atoms with Gasteiger partial charge < -0.3 is 15.1 Å². The molecule has 2 aliphatic rings. The largest absolute Gasteiger partial charge is 0.368 e. The van der Waals surface area contributed by atoms with Gasteiger partial charge in [0.25, 0.3) is 0 Å². The molecule has 0 aromatic rings. The van der Waals surface area contributed by atoms with Gasteiger partial charge in [0.15, 0.2) is 6.29 Å². The molecule has 108 valence electrons. The van der Waals surface area contributed by atoms with Gasteiger partial charge in [-0.25, -0.2) is 0 Å². The Morgan fingerprint density at radius 1 is 1.42 bits per heavy atom. The third-order valence-electron chi connectivity index (χ3n) is 4.68. The fraction of sp³-hybridized carbons (Fsp3) is 0.800. The number of rotatable bonds is 7. The van der Waals surface area contributed by atoms with Gasteiger partial charge in [0.2, 0.25) is 5.91 Å². The summed E-state index contributed by atoms with van der Waals surface area (Å²) in [4.78, 5) is 14.1. The fourth-order valence-electron chi connectivity index (χ4n) is 3.52. The number of fused-ring (bicyclic) bond motifs is 1. The minimum absolute atomic E-state index is 0.0869. The number of carbonyl (C=O) groups is 1. The van der Waals surface area contributed by atoms with E-state index in [4.69, 9.17) is 0 Å². The second-order valence-electron chi connectivity index (χ2n) is 6.04. The maximum absolute atomic E-state index is 12.4. The molecule has 0 radical (unpaired) electrons. The Labute approximate surface area is 115 Å². The van der Waals surface area contributed by atoms with Crippen molar-refractivity contribution in [3.63, 3.8) is 0 Å². The first-order chi connectivity index (χ1) is 9.06. The Morgan fingerprint density at radius 3 is 2.79 bits per heavy atom. The number of aliphatic hydroxyl groups excluding tert-OH is 1. The summed E-state index contributed by atoms with van der Waals surface area (Å²) in [7, 11) is 1.82. The van der Waals surface area contributed by atoms with E-state index in [0.29, 0.717) is 11.8 Å². The third-order valence-corrected chi connectivity index (χ3v) is 4.68. The van der Waals surface area contributed by atoms with Crippen molar-refractivity contribution in [1.29, 1.82) is 0 Å². The van der Waals surface area contributed by atoms with E-state index in [1.807, 2.05) is 13.1 Å². The second-order valence-corrected chi connectivity index (χ2v) is 6.04. The number of allylic oxidation sites excluding steroid dienone is 1. The molecule has 4 nitrogen and oxygen atoms in total. The van der Waals surface area contributed by atoms with Crippen molar-refractivity contribution >= 4 is 5.91 Å². The van der Waals surface area contributed by atoms with Crippen LogP contribution in [0.4, 0.5) is 0 Å². The number of carbonyl (C=O) groups excluding carboxylic acids is 1. The minimum Gasteiger partial charge on any atom is -0.368 e. The Balaban J connectivity index is 1.83. The van der Waals surface area contributed by atoms with Crippen molar-refractivity contribution in [2.24, 2.45) is 23.7 Å². The summed E-state index contributed by atoms with van der Waals surface area (Å²) in [5, 5.41) is 18.9. The highest BCUT2D eigenvalue weighted by molar-refractivity contribution is 5.79. The van der Waals surface area contributed by atoms with Crippen LogP contribution in [0.3, 0.4) is 0 Å². The van der Waals surface area contributed by atoms with E-state index in [0.717, 1.165) is 38.6 Å². The number of amides is 1. The van der Waals surface area contributed by atoms with Crippen LogP contribution in [0.1, 0.15) is 32.1 Å². The molecule has 0 spiro atoms. The lowest BCUT2D eigenvalue weighted by Crippen LogP contribution is -2.39. The van der Waals surface area contributed by atoms with Crippen LogP contribution >= 0.6 is 0 Å². The van der Waals surface area contributed by atoms with Gasteiger partial charge >= 0.3 is 0 Å². The number of nitrogens with zero attached hydrogens (tertiary/aromatic N) is 1. The Kier molecular flexibility index (Phi) is 4.63. The van der Waals surface area contributed by atoms with Crippen molar-refractivity contribution in [2.45, 2.75) is 38.4 Å². The highest BCUT2D eigenvalue weighted by Gasteiger charge is 2.57. The summed E-state index contributed by atoms with van der Waals surface area (Å²) in [5.74, 6) is 0.572. The van der Waals surface area contributed by atoms with Crippen LogP contribution in [0.25, 0.3) is 0 Å². The lowest BCUT2D eigenvalue weighted by atomic mass is 9.89. The minimum atomic E-state index is -1.35. The molecule has 0 heterocycles. The first-order valence-electron chi connectivity index (χ1n) is 7.28. The highest BCUT2D eigenvalue weighted by atomic mass is 16.5. The van der Waals surface area contributed by atoms with Crippen molar-refractivity contribution in [3.05, 3.63) is 12.7 Å². The molecule has 0 bridgehead atoms. The number of hydrogen-bond acceptors (Lipinski definition) is 3. The number of unbranched alkanes of at least 4 members (excludes halogenated alkanes) is 2. The maximum atomic E-state index is 12.4. The third kappa shape index (κ3) is 3.18. The molecule has 2 rings (SSSR count). The Hall–Kier alpha value is -0.870. The summed E-state index contributed by atoms with van der Waals surface area (Å²) < 4.78 is 0. The standard InChI is InChI=1S/C15H25NO3/c1-3-4-5-6-7-16(2)14(17)12-9-10-8-11(10)13(12)15(18)19/h3,10-13,15,18-19H,1,4-9H2,2H3/t10?,11?,12?,13-/m0/s1. The zero-order valence-electron chi connectivity index (χ0n) is 11.7. The molecule has 1 amide bonds. The van der Waals surface area contributed by atoms with Crippen molar-refractivity contribution in [1.82, 2.24) is 4.90 Å². The van der Waals surface area contributed by atoms with Gasteiger partial charge in [-0.15, -0.1) is 6.58 Å². The first-order valence-corrected chi connectivity index (χ1v) is 7.28. The van der Waals surface area contributed by atoms with Gasteiger partial charge in [-0.1, -0.05) is 6.08 Å². The van der Waals surface area contributed by atoms with Crippen LogP contribution in [0.5, 0.6) is 0 Å². The maximum Gasteiger partial charge on any atom is 0.225 e. The smallest absolute Gasteiger partial charge is 0.225 e. The predicted molar refractivity (Wildman–Crippen MR) is 73.1 cm³/mol. The predicted octanol–water partition coefficient (Wildman–Crippen LogP) is 1.38. The highest BCUT2D eigenvalue weighted by Crippen LogP contribution is 2.59. The second kappa shape index (κ2) is 6.06. The quantitative estimate of drug-likeness (QED) is 0.416. The molecule has 0 aromatic carbocycles. The van der Waals surface area contributed by atoms with Gasteiger partial charge in [0.1, 0.15) is 0 Å². The van der Waals surface area contributed by atoms with Gasteiger partial charge in [-0.3, -0.25) is 4.79 Å². The summed E-state index contributed by atoms with van der Waals surface area (Å²) in [5.41, 5.74) is 0. The molecule has 2 N–H and O–H groups in total. The van der Waals surface area contributed by atoms with Gasteiger partial charge in [0, 0.05) is 25.4 Å². The van der Waals surface area contributed by atoms with Crippen LogP contribution in [0.2, 0.25) is 0 Å². The van der Waals surface area contributed by atoms with Crippen LogP contribution in [-0.4, -0.2) is 40.9 Å². The summed E-state index contributed by atoms with van der Waals surface area (Å²) in [6, 6.07) is 0. The topological polar surface area (TPSA) is 60.8 Å². The van der Waals surface area contributed by atoms with Crippen molar-refractivity contribution < 1.29 is 15.0 Å². The normalized spacial score (nSPS) is 32.2. The van der Waals surface area contributed by atoms with Gasteiger partial charge in [0.05, 0.1) is 0 Å². The van der Waals surface area contributed by atoms with Crippen LogP contribution in [-0.2, 0) is 4.79 Å². The number of aliphatic hydroxyl groups is 2. The van der Waals surface area contributed by atoms with E-state index >= 15 is 0 Å². The zero-order chi connectivity index (χ0) is 14.0. The fourth-order valence-corrected chi connectivity index (χ4v) is 3.52. The van der Waals surface area contributed by atoms with E-state index in [9.17, 15) is 15.0 Å². The molecular weight excluding hydrogens is 242 g/mol.